The second-order valence-electron chi connectivity index (χ2n) is 5.26. The summed E-state index contributed by atoms with van der Waals surface area (Å²) in [4.78, 5) is 0. The Kier molecular flexibility index (Phi) is 6.44. The number of hydrogen-bond acceptors (Lipinski definition) is 3. The van der Waals surface area contributed by atoms with Crippen molar-refractivity contribution in [3.63, 3.8) is 0 Å². The smallest absolute Gasteiger partial charge is 0.212 e. The lowest BCUT2D eigenvalue weighted by atomic mass is 10.1. The van der Waals surface area contributed by atoms with Crippen LogP contribution < -0.4 is 10.0 Å². The van der Waals surface area contributed by atoms with Crippen LogP contribution in [0.4, 0.5) is 0 Å². The van der Waals surface area contributed by atoms with Crippen molar-refractivity contribution in [1.82, 2.24) is 10.0 Å². The van der Waals surface area contributed by atoms with E-state index in [4.69, 9.17) is 0 Å². The maximum absolute atomic E-state index is 11.6. The lowest BCUT2D eigenvalue weighted by Crippen LogP contribution is -2.35. The van der Waals surface area contributed by atoms with Crippen molar-refractivity contribution in [2.24, 2.45) is 5.92 Å². The molecule has 1 fully saturated rings. The van der Waals surface area contributed by atoms with Gasteiger partial charge in [0.05, 0.1) is 5.75 Å². The number of sulfonamides is 1. The summed E-state index contributed by atoms with van der Waals surface area (Å²) in [6, 6.07) is 0.337. The molecule has 1 aliphatic carbocycles. The first-order valence-electron chi connectivity index (χ1n) is 6.70. The molecule has 0 spiro atoms. The van der Waals surface area contributed by atoms with Crippen molar-refractivity contribution in [3.05, 3.63) is 0 Å². The Morgan fingerprint density at radius 1 is 1.18 bits per heavy atom. The van der Waals surface area contributed by atoms with E-state index < -0.39 is 10.0 Å². The number of rotatable bonds is 8. The highest BCUT2D eigenvalue weighted by atomic mass is 32.2. The molecule has 17 heavy (non-hydrogen) atoms. The highest BCUT2D eigenvalue weighted by Gasteiger charge is 2.16. The summed E-state index contributed by atoms with van der Waals surface area (Å²) in [7, 11) is -3.08. The predicted octanol–water partition coefficient (Wildman–Crippen LogP) is 1.48. The van der Waals surface area contributed by atoms with Crippen molar-refractivity contribution in [2.75, 3.05) is 18.8 Å². The third-order valence-electron chi connectivity index (χ3n) is 3.27. The molecule has 1 aliphatic rings. The molecule has 0 aliphatic heterocycles. The van der Waals surface area contributed by atoms with Crippen LogP contribution in [0.25, 0.3) is 0 Å². The molecule has 4 nitrogen and oxygen atoms in total. The van der Waals surface area contributed by atoms with Gasteiger partial charge in [-0.05, 0) is 12.3 Å². The first kappa shape index (κ1) is 14.9. The van der Waals surface area contributed by atoms with Gasteiger partial charge in [0.15, 0.2) is 0 Å². The van der Waals surface area contributed by atoms with Crippen LogP contribution in [-0.2, 0) is 10.0 Å². The summed E-state index contributed by atoms with van der Waals surface area (Å²) in [5.41, 5.74) is 0. The molecule has 0 bridgehead atoms. The van der Waals surface area contributed by atoms with Gasteiger partial charge in [-0.25, -0.2) is 13.1 Å². The van der Waals surface area contributed by atoms with Crippen LogP contribution in [-0.4, -0.2) is 33.3 Å². The zero-order valence-corrected chi connectivity index (χ0v) is 11.9. The molecular formula is C12H26N2O2S. The van der Waals surface area contributed by atoms with E-state index in [0.29, 0.717) is 19.1 Å². The molecule has 0 aromatic rings. The van der Waals surface area contributed by atoms with Crippen molar-refractivity contribution in [2.45, 2.75) is 52.0 Å². The van der Waals surface area contributed by atoms with E-state index in [-0.39, 0.29) is 5.75 Å². The Morgan fingerprint density at radius 2 is 1.82 bits per heavy atom. The third-order valence-corrected chi connectivity index (χ3v) is 4.66. The second-order valence-corrected chi connectivity index (χ2v) is 7.19. The molecule has 1 saturated carbocycles. The molecule has 2 N–H and O–H groups in total. The molecule has 102 valence electrons. The molecule has 0 radical (unpaired) electrons. The number of nitrogens with one attached hydrogen (secondary N) is 2. The molecular weight excluding hydrogens is 236 g/mol. The first-order valence-corrected chi connectivity index (χ1v) is 8.35. The fraction of sp³-hybridized carbons (Fsp3) is 1.00. The van der Waals surface area contributed by atoms with E-state index in [9.17, 15) is 8.42 Å². The van der Waals surface area contributed by atoms with Crippen LogP contribution in [0, 0.1) is 5.92 Å². The van der Waals surface area contributed by atoms with E-state index in [1.807, 2.05) is 13.8 Å². The Bertz CT molecular complexity index is 296. The topological polar surface area (TPSA) is 58.2 Å². The molecule has 1 rings (SSSR count). The molecule has 0 saturated heterocycles. The summed E-state index contributed by atoms with van der Waals surface area (Å²) >= 11 is 0. The van der Waals surface area contributed by atoms with E-state index >= 15 is 0 Å². The fourth-order valence-electron chi connectivity index (χ4n) is 2.27. The van der Waals surface area contributed by atoms with Gasteiger partial charge in [-0.1, -0.05) is 39.5 Å². The summed E-state index contributed by atoms with van der Waals surface area (Å²) in [6.45, 7) is 5.16. The summed E-state index contributed by atoms with van der Waals surface area (Å²) in [6.07, 6.45) is 6.18. The maximum Gasteiger partial charge on any atom is 0.212 e. The fourth-order valence-corrected chi connectivity index (χ4v) is 3.23. The van der Waals surface area contributed by atoms with Crippen LogP contribution in [0.15, 0.2) is 0 Å². The van der Waals surface area contributed by atoms with Crippen molar-refractivity contribution < 1.29 is 8.42 Å². The van der Waals surface area contributed by atoms with Crippen molar-refractivity contribution >= 4 is 10.0 Å². The van der Waals surface area contributed by atoms with Gasteiger partial charge in [0.2, 0.25) is 10.0 Å². The highest BCUT2D eigenvalue weighted by molar-refractivity contribution is 7.89. The van der Waals surface area contributed by atoms with Gasteiger partial charge >= 0.3 is 0 Å². The molecule has 0 amide bonds. The van der Waals surface area contributed by atoms with Gasteiger partial charge in [-0.2, -0.15) is 0 Å². The van der Waals surface area contributed by atoms with E-state index in [1.165, 1.54) is 25.7 Å². The first-order chi connectivity index (χ1) is 7.99. The van der Waals surface area contributed by atoms with Gasteiger partial charge in [-0.15, -0.1) is 0 Å². The van der Waals surface area contributed by atoms with Crippen LogP contribution in [0.5, 0.6) is 0 Å². The summed E-state index contributed by atoms with van der Waals surface area (Å²) in [5, 5.41) is 3.11. The Balaban J connectivity index is 2.11. The minimum atomic E-state index is -3.08. The van der Waals surface area contributed by atoms with Crippen LogP contribution >= 0.6 is 0 Å². The normalized spacial score (nSPS) is 18.1. The molecule has 5 heteroatoms. The third kappa shape index (κ3) is 7.01. The standard InChI is InChI=1S/C12H26N2O2S/c1-11(2)13-9-10-17(15,16)14-8-7-12-5-3-4-6-12/h11-14H,3-10H2,1-2H3. The van der Waals surface area contributed by atoms with Crippen LogP contribution in [0.2, 0.25) is 0 Å². The minimum Gasteiger partial charge on any atom is -0.313 e. The molecule has 0 aromatic carbocycles. The average molecular weight is 262 g/mol. The van der Waals surface area contributed by atoms with Crippen molar-refractivity contribution in [1.29, 1.82) is 0 Å². The summed E-state index contributed by atoms with van der Waals surface area (Å²) in [5.74, 6) is 0.919. The lowest BCUT2D eigenvalue weighted by molar-refractivity contribution is 0.495. The minimum absolute atomic E-state index is 0.176. The Hall–Kier alpha value is -0.130. The zero-order valence-electron chi connectivity index (χ0n) is 11.0. The highest BCUT2D eigenvalue weighted by Crippen LogP contribution is 2.26. The molecule has 0 unspecified atom stereocenters. The SMILES string of the molecule is CC(C)NCCS(=O)(=O)NCCC1CCCC1. The monoisotopic (exact) mass is 262 g/mol. The zero-order chi connectivity index (χ0) is 12.7. The van der Waals surface area contributed by atoms with Gasteiger partial charge in [0, 0.05) is 19.1 Å². The van der Waals surface area contributed by atoms with Gasteiger partial charge in [0.1, 0.15) is 0 Å². The van der Waals surface area contributed by atoms with Crippen molar-refractivity contribution in [3.8, 4) is 0 Å². The van der Waals surface area contributed by atoms with E-state index in [0.717, 1.165) is 12.3 Å². The lowest BCUT2D eigenvalue weighted by Gasteiger charge is -2.11. The molecule has 0 aromatic heterocycles. The van der Waals surface area contributed by atoms with E-state index in [1.54, 1.807) is 0 Å². The average Bonchev–Trinajstić information content (AvgIpc) is 2.69. The maximum atomic E-state index is 11.6. The number of hydrogen-bond donors (Lipinski definition) is 2. The molecule has 0 atom stereocenters. The second kappa shape index (κ2) is 7.34. The predicted molar refractivity (Wildman–Crippen MR) is 71.5 cm³/mol. The quantitative estimate of drug-likeness (QED) is 0.696. The van der Waals surface area contributed by atoms with Gasteiger partial charge in [0.25, 0.3) is 0 Å². The largest absolute Gasteiger partial charge is 0.313 e. The van der Waals surface area contributed by atoms with Gasteiger partial charge < -0.3 is 5.32 Å². The summed E-state index contributed by atoms with van der Waals surface area (Å²) < 4.78 is 26.0. The van der Waals surface area contributed by atoms with Crippen LogP contribution in [0.3, 0.4) is 0 Å². The Morgan fingerprint density at radius 3 is 2.41 bits per heavy atom. The molecule has 0 heterocycles. The Labute approximate surface area is 106 Å². The van der Waals surface area contributed by atoms with Gasteiger partial charge in [-0.3, -0.25) is 0 Å². The van der Waals surface area contributed by atoms with Crippen LogP contribution in [0.1, 0.15) is 46.0 Å². The van der Waals surface area contributed by atoms with E-state index in [2.05, 4.69) is 10.0 Å².